The first-order valence-electron chi connectivity index (χ1n) is 5.58. The molecule has 1 radical (unpaired) electrons. The van der Waals surface area contributed by atoms with Crippen molar-refractivity contribution in [2.45, 2.75) is 20.3 Å². The van der Waals surface area contributed by atoms with Gasteiger partial charge in [-0.2, -0.15) is 0 Å². The zero-order chi connectivity index (χ0) is 12.4. The van der Waals surface area contributed by atoms with Crippen LogP contribution in [0.15, 0.2) is 23.1 Å². The molecule has 1 heterocycles. The smallest absolute Gasteiger partial charge is 0.136 e. The third-order valence-electron chi connectivity index (χ3n) is 2.68. The Morgan fingerprint density at radius 1 is 1.33 bits per heavy atom. The van der Waals surface area contributed by atoms with Gasteiger partial charge in [0.2, 0.25) is 0 Å². The summed E-state index contributed by atoms with van der Waals surface area (Å²) in [7, 11) is 0. The van der Waals surface area contributed by atoms with Crippen LogP contribution in [0.4, 0.5) is 4.39 Å². The van der Waals surface area contributed by atoms with Crippen molar-refractivity contribution < 1.29 is 41.8 Å². The zero-order valence-corrected chi connectivity index (χ0v) is 13.2. The minimum atomic E-state index is -0.545. The third-order valence-corrected chi connectivity index (χ3v) is 2.68. The molecule has 0 saturated heterocycles. The van der Waals surface area contributed by atoms with Crippen LogP contribution in [0, 0.1) is 5.82 Å². The minimum absolute atomic E-state index is 0. The molecule has 0 fully saturated rings. The molecule has 0 spiro atoms. The van der Waals surface area contributed by atoms with Gasteiger partial charge in [-0.05, 0) is 18.9 Å². The second kappa shape index (κ2) is 6.44. The molecular formula is C13H13FNO2Y-. The van der Waals surface area contributed by atoms with Crippen LogP contribution in [0.3, 0.4) is 0 Å². The molecule has 0 aliphatic rings. The van der Waals surface area contributed by atoms with Gasteiger partial charge in [0, 0.05) is 43.5 Å². The minimum Gasteiger partial charge on any atom is -0.626 e. The molecule has 2 aromatic rings. The van der Waals surface area contributed by atoms with E-state index in [1.165, 1.54) is 6.20 Å². The monoisotopic (exact) mass is 323 g/mol. The predicted octanol–water partition coefficient (Wildman–Crippen LogP) is 2.25. The number of ether oxygens (including phenoxy) is 1. The van der Waals surface area contributed by atoms with Crippen LogP contribution in [-0.4, -0.2) is 6.61 Å². The van der Waals surface area contributed by atoms with Crippen molar-refractivity contribution in [2.75, 3.05) is 6.61 Å². The van der Waals surface area contributed by atoms with Gasteiger partial charge in [-0.15, -0.1) is 6.20 Å². The Labute approximate surface area is 130 Å². The summed E-state index contributed by atoms with van der Waals surface area (Å²) in [4.78, 5) is 15.3. The molecule has 2 rings (SSSR count). The summed E-state index contributed by atoms with van der Waals surface area (Å²) in [5, 5.41) is 0.511. The van der Waals surface area contributed by atoms with E-state index >= 15 is 0 Å². The molecule has 0 unspecified atom stereocenters. The number of aromatic nitrogens is 1. The normalized spacial score (nSPS) is 10.2. The molecule has 0 atom stereocenters. The Morgan fingerprint density at radius 3 is 2.67 bits per heavy atom. The Morgan fingerprint density at radius 2 is 2.06 bits per heavy atom. The van der Waals surface area contributed by atoms with Gasteiger partial charge in [-0.3, -0.25) is 0 Å². The number of aryl methyl sites for hydroxylation is 1. The Hall–Kier alpha value is -0.736. The summed E-state index contributed by atoms with van der Waals surface area (Å²) in [5.74, 6) is -0.0345. The summed E-state index contributed by atoms with van der Waals surface area (Å²) in [6, 6.07) is 3.39. The molecule has 1 aromatic heterocycles. The van der Waals surface area contributed by atoms with Crippen molar-refractivity contribution >= 4 is 10.8 Å². The van der Waals surface area contributed by atoms with Gasteiger partial charge in [0.05, 0.1) is 12.2 Å². The topological polar surface area (TPSA) is 40.4 Å². The second-order valence-electron chi connectivity index (χ2n) is 3.68. The average molecular weight is 323 g/mol. The van der Waals surface area contributed by atoms with Crippen LogP contribution in [-0.2, 0) is 39.1 Å². The van der Waals surface area contributed by atoms with E-state index in [9.17, 15) is 9.18 Å². The van der Waals surface area contributed by atoms with Crippen molar-refractivity contribution in [3.05, 3.63) is 40.1 Å². The van der Waals surface area contributed by atoms with Gasteiger partial charge in [0.1, 0.15) is 11.6 Å². The standard InChI is InChI=1S/C13H14FNO2.Y/c1-3-8-5-6-9-10(17-4-2)7-15-13(16)11(9)12(8)14;/h5-7H,3-4H2,1-2H3,(H,15,16);/p-1. The van der Waals surface area contributed by atoms with E-state index in [1.807, 2.05) is 13.8 Å². The van der Waals surface area contributed by atoms with E-state index in [0.29, 0.717) is 29.7 Å². The molecular weight excluding hydrogens is 310 g/mol. The van der Waals surface area contributed by atoms with Gasteiger partial charge in [0.25, 0.3) is 0 Å². The van der Waals surface area contributed by atoms with Crippen molar-refractivity contribution in [3.8, 4) is 5.75 Å². The van der Waals surface area contributed by atoms with Gasteiger partial charge in [0.15, 0.2) is 0 Å². The van der Waals surface area contributed by atoms with Crippen LogP contribution in [0.2, 0.25) is 0 Å². The van der Waals surface area contributed by atoms with E-state index in [0.717, 1.165) is 0 Å². The number of halogens is 1. The SMILES string of the molecule is CCOc1c[n-]c(=O)c2c(F)c(CC)ccc12.[Y]. The van der Waals surface area contributed by atoms with Crippen molar-refractivity contribution in [2.24, 2.45) is 0 Å². The molecule has 18 heavy (non-hydrogen) atoms. The van der Waals surface area contributed by atoms with E-state index in [-0.39, 0.29) is 38.1 Å². The van der Waals surface area contributed by atoms with E-state index < -0.39 is 11.4 Å². The molecule has 1 aromatic carbocycles. The van der Waals surface area contributed by atoms with Crippen molar-refractivity contribution in [1.29, 1.82) is 0 Å². The average Bonchev–Trinajstić information content (AvgIpc) is 2.33. The molecule has 0 amide bonds. The Kier molecular flexibility index (Phi) is 5.48. The molecule has 0 aliphatic heterocycles. The summed E-state index contributed by atoms with van der Waals surface area (Å²) in [6.07, 6.45) is 1.89. The molecule has 93 valence electrons. The fourth-order valence-corrected chi connectivity index (χ4v) is 1.83. The fraction of sp³-hybridized carbons (Fsp3) is 0.308. The molecule has 0 N–H and O–H groups in total. The molecule has 3 nitrogen and oxygen atoms in total. The van der Waals surface area contributed by atoms with Crippen LogP contribution >= 0.6 is 0 Å². The maximum Gasteiger partial charge on any atom is 0.136 e. The van der Waals surface area contributed by atoms with Gasteiger partial charge in [-0.25, -0.2) is 4.39 Å². The number of fused-ring (bicyclic) bond motifs is 1. The van der Waals surface area contributed by atoms with Crippen LogP contribution in [0.25, 0.3) is 10.8 Å². The Balaban J connectivity index is 0.00000162. The number of rotatable bonds is 3. The third kappa shape index (κ3) is 2.65. The maximum atomic E-state index is 14.1. The van der Waals surface area contributed by atoms with Gasteiger partial charge in [-0.1, -0.05) is 19.1 Å². The van der Waals surface area contributed by atoms with Crippen LogP contribution in [0.5, 0.6) is 5.75 Å². The number of nitrogens with zero attached hydrogens (tertiary/aromatic N) is 1. The summed E-state index contributed by atoms with van der Waals surface area (Å²) < 4.78 is 19.4. The fourth-order valence-electron chi connectivity index (χ4n) is 1.83. The summed E-state index contributed by atoms with van der Waals surface area (Å²) >= 11 is 0. The molecule has 5 heteroatoms. The van der Waals surface area contributed by atoms with Crippen molar-refractivity contribution in [1.82, 2.24) is 4.98 Å². The van der Waals surface area contributed by atoms with Gasteiger partial charge < -0.3 is 14.5 Å². The largest absolute Gasteiger partial charge is 0.626 e. The first-order valence-corrected chi connectivity index (χ1v) is 5.58. The number of pyridine rings is 1. The molecule has 0 aliphatic carbocycles. The van der Waals surface area contributed by atoms with E-state index in [1.54, 1.807) is 12.1 Å². The maximum absolute atomic E-state index is 14.1. The summed E-state index contributed by atoms with van der Waals surface area (Å²) in [6.45, 7) is 4.12. The predicted molar refractivity (Wildman–Crippen MR) is 64.0 cm³/mol. The quantitative estimate of drug-likeness (QED) is 0.870. The molecule has 0 bridgehead atoms. The zero-order valence-electron chi connectivity index (χ0n) is 10.4. The molecule has 0 saturated carbocycles. The van der Waals surface area contributed by atoms with Crippen LogP contribution < -0.4 is 15.3 Å². The first-order chi connectivity index (χ1) is 8.19. The van der Waals surface area contributed by atoms with Gasteiger partial charge >= 0.3 is 0 Å². The van der Waals surface area contributed by atoms with Crippen molar-refractivity contribution in [3.63, 3.8) is 0 Å². The Bertz CT molecular complexity index is 610. The van der Waals surface area contributed by atoms with E-state index in [2.05, 4.69) is 4.98 Å². The number of hydrogen-bond acceptors (Lipinski definition) is 2. The number of benzene rings is 1. The first kappa shape index (κ1) is 15.3. The van der Waals surface area contributed by atoms with E-state index in [4.69, 9.17) is 4.74 Å². The van der Waals surface area contributed by atoms with Crippen LogP contribution in [0.1, 0.15) is 19.4 Å². The summed E-state index contributed by atoms with van der Waals surface area (Å²) in [5.41, 5.74) is -0.0266. The second-order valence-corrected chi connectivity index (χ2v) is 3.68. The number of hydrogen-bond donors (Lipinski definition) is 0.